The van der Waals surface area contributed by atoms with Gasteiger partial charge < -0.3 is 4.90 Å². The lowest BCUT2D eigenvalue weighted by atomic mass is 9.74. The van der Waals surface area contributed by atoms with Crippen LogP contribution in [-0.2, 0) is 11.8 Å². The fraction of sp³-hybridized carbons (Fsp3) is 0.500. The first-order chi connectivity index (χ1) is 11.7. The largest absolute Gasteiger partial charge is 0.364 e. The number of rotatable bonds is 3. The molecule has 0 N–H and O–H groups in total. The van der Waals surface area contributed by atoms with E-state index in [9.17, 15) is 0 Å². The second kappa shape index (κ2) is 6.52. The van der Waals surface area contributed by atoms with E-state index in [4.69, 9.17) is 0 Å². The minimum atomic E-state index is 0.203. The van der Waals surface area contributed by atoms with Gasteiger partial charge in [-0.2, -0.15) is 0 Å². The summed E-state index contributed by atoms with van der Waals surface area (Å²) in [6.07, 6.45) is 2.30. The molecule has 0 spiro atoms. The van der Waals surface area contributed by atoms with Crippen LogP contribution in [0.5, 0.6) is 0 Å². The maximum atomic E-state index is 2.64. The van der Waals surface area contributed by atoms with Crippen molar-refractivity contribution < 1.29 is 0 Å². The Morgan fingerprint density at radius 3 is 2.16 bits per heavy atom. The predicted octanol–water partition coefficient (Wildman–Crippen LogP) is 6.52. The van der Waals surface area contributed by atoms with E-state index >= 15 is 0 Å². The zero-order chi connectivity index (χ0) is 18.2. The highest BCUT2D eigenvalue weighted by molar-refractivity contribution is 5.54. The Balaban J connectivity index is 2.03. The molecule has 0 amide bonds. The fourth-order valence-electron chi connectivity index (χ4n) is 4.03. The molecule has 0 saturated carbocycles. The van der Waals surface area contributed by atoms with Gasteiger partial charge in [0, 0.05) is 12.2 Å². The Hall–Kier alpha value is -1.76. The van der Waals surface area contributed by atoms with E-state index in [1.807, 2.05) is 0 Å². The van der Waals surface area contributed by atoms with Crippen LogP contribution in [0.2, 0.25) is 0 Å². The summed E-state index contributed by atoms with van der Waals surface area (Å²) in [7, 11) is 0. The maximum Gasteiger partial charge on any atom is 0.0596 e. The van der Waals surface area contributed by atoms with Crippen molar-refractivity contribution in [1.29, 1.82) is 0 Å². The highest BCUT2D eigenvalue weighted by atomic mass is 15.2. The molecule has 0 aromatic heterocycles. The van der Waals surface area contributed by atoms with Gasteiger partial charge in [0.05, 0.1) is 6.04 Å². The average Bonchev–Trinajstić information content (AvgIpc) is 2.60. The first-order valence-electron chi connectivity index (χ1n) is 9.69. The van der Waals surface area contributed by atoms with Gasteiger partial charge in [-0.05, 0) is 52.5 Å². The van der Waals surface area contributed by atoms with E-state index in [1.165, 1.54) is 28.8 Å². The molecule has 1 unspecified atom stereocenters. The van der Waals surface area contributed by atoms with Gasteiger partial charge in [-0.3, -0.25) is 0 Å². The van der Waals surface area contributed by atoms with Crippen LogP contribution in [0.4, 0.5) is 5.69 Å². The van der Waals surface area contributed by atoms with Crippen molar-refractivity contribution in [3.05, 3.63) is 65.2 Å². The van der Waals surface area contributed by atoms with Crippen molar-refractivity contribution in [3.8, 4) is 0 Å². The molecule has 1 heterocycles. The lowest BCUT2D eigenvalue weighted by Gasteiger charge is -2.47. The van der Waals surface area contributed by atoms with Crippen LogP contribution in [-0.4, -0.2) is 6.54 Å². The number of benzene rings is 2. The maximum absolute atomic E-state index is 2.64. The monoisotopic (exact) mass is 335 g/mol. The summed E-state index contributed by atoms with van der Waals surface area (Å²) in [6.45, 7) is 15.1. The van der Waals surface area contributed by atoms with Crippen LogP contribution in [0, 0.1) is 5.41 Å². The summed E-state index contributed by atoms with van der Waals surface area (Å²) in [4.78, 5) is 2.64. The minimum Gasteiger partial charge on any atom is -0.364 e. The zero-order valence-electron chi connectivity index (χ0n) is 16.8. The molecule has 1 nitrogen and oxygen atoms in total. The Morgan fingerprint density at radius 1 is 0.920 bits per heavy atom. The standard InChI is InChI=1S/C24H33N/c1-7-24(5,6)22-21-11-9-8-10-18(21)16-17-25(22)20-14-12-19(13-15-20)23(2,3)4/h8-15,22H,7,16-17H2,1-6H3. The summed E-state index contributed by atoms with van der Waals surface area (Å²) in [5.74, 6) is 0. The molecular formula is C24H33N. The molecular weight excluding hydrogens is 302 g/mol. The van der Waals surface area contributed by atoms with E-state index in [0.717, 1.165) is 13.0 Å². The Kier molecular flexibility index (Phi) is 4.70. The van der Waals surface area contributed by atoms with E-state index in [0.29, 0.717) is 6.04 Å². The van der Waals surface area contributed by atoms with E-state index in [-0.39, 0.29) is 10.8 Å². The molecule has 0 aliphatic carbocycles. The topological polar surface area (TPSA) is 3.24 Å². The van der Waals surface area contributed by atoms with Gasteiger partial charge in [0.2, 0.25) is 0 Å². The first kappa shape index (κ1) is 18.0. The Morgan fingerprint density at radius 2 is 1.56 bits per heavy atom. The molecule has 1 aliphatic rings. The van der Waals surface area contributed by atoms with Crippen molar-refractivity contribution >= 4 is 5.69 Å². The summed E-state index contributed by atoms with van der Waals surface area (Å²) >= 11 is 0. The summed E-state index contributed by atoms with van der Waals surface area (Å²) in [6, 6.07) is 18.7. The number of hydrogen-bond donors (Lipinski definition) is 0. The second-order valence-corrected chi connectivity index (χ2v) is 9.18. The summed E-state index contributed by atoms with van der Waals surface area (Å²) in [5, 5.41) is 0. The number of hydrogen-bond acceptors (Lipinski definition) is 1. The fourth-order valence-corrected chi connectivity index (χ4v) is 4.03. The molecule has 0 radical (unpaired) electrons. The molecule has 25 heavy (non-hydrogen) atoms. The SMILES string of the molecule is CCC(C)(C)C1c2ccccc2CCN1c1ccc(C(C)(C)C)cc1. The predicted molar refractivity (Wildman–Crippen MR) is 109 cm³/mol. The van der Waals surface area contributed by atoms with Gasteiger partial charge in [0.15, 0.2) is 0 Å². The van der Waals surface area contributed by atoms with Crippen LogP contribution in [0.1, 0.15) is 70.7 Å². The zero-order valence-corrected chi connectivity index (χ0v) is 16.8. The van der Waals surface area contributed by atoms with Gasteiger partial charge in [0.25, 0.3) is 0 Å². The quantitative estimate of drug-likeness (QED) is 0.617. The third kappa shape index (κ3) is 3.47. The van der Waals surface area contributed by atoms with Crippen molar-refractivity contribution in [1.82, 2.24) is 0 Å². The molecule has 0 fully saturated rings. The highest BCUT2D eigenvalue weighted by Crippen LogP contribution is 2.46. The van der Waals surface area contributed by atoms with E-state index in [1.54, 1.807) is 0 Å². The lowest BCUT2D eigenvalue weighted by molar-refractivity contribution is 0.256. The smallest absolute Gasteiger partial charge is 0.0596 e. The van der Waals surface area contributed by atoms with Gasteiger partial charge in [0.1, 0.15) is 0 Å². The summed E-state index contributed by atoms with van der Waals surface area (Å²) in [5.41, 5.74) is 6.24. The van der Waals surface area contributed by atoms with Gasteiger partial charge in [-0.25, -0.2) is 0 Å². The van der Waals surface area contributed by atoms with Crippen LogP contribution >= 0.6 is 0 Å². The van der Waals surface area contributed by atoms with Gasteiger partial charge in [-0.1, -0.05) is 77.9 Å². The molecule has 2 aromatic carbocycles. The van der Waals surface area contributed by atoms with Crippen LogP contribution < -0.4 is 4.90 Å². The highest BCUT2D eigenvalue weighted by Gasteiger charge is 2.37. The second-order valence-electron chi connectivity index (χ2n) is 9.18. The molecule has 1 atom stereocenters. The minimum absolute atomic E-state index is 0.203. The van der Waals surface area contributed by atoms with Crippen LogP contribution in [0.15, 0.2) is 48.5 Å². The molecule has 2 aromatic rings. The van der Waals surface area contributed by atoms with E-state index < -0.39 is 0 Å². The normalized spacial score (nSPS) is 18.2. The average molecular weight is 336 g/mol. The van der Waals surface area contributed by atoms with Crippen molar-refractivity contribution in [2.45, 2.75) is 65.8 Å². The molecule has 0 bridgehead atoms. The third-order valence-corrected chi connectivity index (χ3v) is 6.00. The van der Waals surface area contributed by atoms with Crippen LogP contribution in [0.3, 0.4) is 0 Å². The molecule has 0 saturated heterocycles. The molecule has 3 rings (SSSR count). The molecule has 134 valence electrons. The van der Waals surface area contributed by atoms with Crippen LogP contribution in [0.25, 0.3) is 0 Å². The Labute approximate surface area is 154 Å². The van der Waals surface area contributed by atoms with E-state index in [2.05, 4.69) is 95.0 Å². The van der Waals surface area contributed by atoms with Crippen molar-refractivity contribution in [2.24, 2.45) is 5.41 Å². The number of anilines is 1. The van der Waals surface area contributed by atoms with Gasteiger partial charge in [-0.15, -0.1) is 0 Å². The van der Waals surface area contributed by atoms with Crippen molar-refractivity contribution in [2.75, 3.05) is 11.4 Å². The summed E-state index contributed by atoms with van der Waals surface area (Å²) < 4.78 is 0. The third-order valence-electron chi connectivity index (χ3n) is 6.00. The van der Waals surface area contributed by atoms with Gasteiger partial charge >= 0.3 is 0 Å². The number of fused-ring (bicyclic) bond motifs is 1. The lowest BCUT2D eigenvalue weighted by Crippen LogP contribution is -2.43. The molecule has 1 aliphatic heterocycles. The van der Waals surface area contributed by atoms with Crippen molar-refractivity contribution in [3.63, 3.8) is 0 Å². The number of nitrogens with zero attached hydrogens (tertiary/aromatic N) is 1. The first-order valence-corrected chi connectivity index (χ1v) is 9.69. The Bertz CT molecular complexity index is 719. The molecule has 1 heteroatoms.